The molecule has 0 aliphatic heterocycles. The Morgan fingerprint density at radius 2 is 1.76 bits per heavy atom. The minimum absolute atomic E-state index is 0.184. The molecule has 126 valence electrons. The lowest BCUT2D eigenvalue weighted by Crippen LogP contribution is -2.32. The maximum atomic E-state index is 12.3. The molecule has 0 heterocycles. The third kappa shape index (κ3) is 3.12. The number of nitrogens with one attached hydrogen (secondary N) is 1. The summed E-state index contributed by atoms with van der Waals surface area (Å²) in [4.78, 5) is 34.9. The van der Waals surface area contributed by atoms with E-state index in [2.05, 4.69) is 5.32 Å². The van der Waals surface area contributed by atoms with E-state index in [0.717, 1.165) is 5.56 Å². The zero-order valence-electron chi connectivity index (χ0n) is 12.7. The quantitative estimate of drug-likeness (QED) is 0.730. The monoisotopic (exact) mass is 357 g/mol. The third-order valence-corrected chi connectivity index (χ3v) is 4.00. The van der Waals surface area contributed by atoms with Crippen LogP contribution in [0.15, 0.2) is 48.0 Å². The molecule has 0 bridgehead atoms. The van der Waals surface area contributed by atoms with Gasteiger partial charge < -0.3 is 15.5 Å². The van der Waals surface area contributed by atoms with Gasteiger partial charge in [0.2, 0.25) is 5.78 Å². The fraction of sp³-hybridized carbons (Fsp3) is 0.0556. The van der Waals surface area contributed by atoms with Crippen LogP contribution >= 0.6 is 11.6 Å². The van der Waals surface area contributed by atoms with E-state index in [1.54, 1.807) is 30.3 Å². The van der Waals surface area contributed by atoms with Gasteiger partial charge >= 0.3 is 5.97 Å². The number of carboxylic acid groups (broad SMARTS) is 1. The van der Waals surface area contributed by atoms with Crippen LogP contribution in [0.4, 0.5) is 0 Å². The molecule has 0 spiro atoms. The van der Waals surface area contributed by atoms with Crippen LogP contribution in [0.3, 0.4) is 0 Å². The Balaban J connectivity index is 1.99. The Hall–Kier alpha value is -3.12. The smallest absolute Gasteiger partial charge is 0.322 e. The average molecular weight is 358 g/mol. The Labute approximate surface area is 147 Å². The fourth-order valence-electron chi connectivity index (χ4n) is 2.62. The van der Waals surface area contributed by atoms with Gasteiger partial charge in [-0.05, 0) is 35.4 Å². The van der Waals surface area contributed by atoms with Crippen molar-refractivity contribution in [3.63, 3.8) is 0 Å². The summed E-state index contributed by atoms with van der Waals surface area (Å²) in [5, 5.41) is 21.5. The van der Waals surface area contributed by atoms with Crippen molar-refractivity contribution in [1.29, 1.82) is 0 Å². The van der Waals surface area contributed by atoms with Crippen molar-refractivity contribution in [2.45, 2.75) is 0 Å². The molecular weight excluding hydrogens is 346 g/mol. The first-order valence-corrected chi connectivity index (χ1v) is 7.64. The molecule has 0 saturated carbocycles. The van der Waals surface area contributed by atoms with Gasteiger partial charge in [0.1, 0.15) is 17.9 Å². The normalized spacial score (nSPS) is 12.9. The number of amides is 1. The Bertz CT molecular complexity index is 948. The van der Waals surface area contributed by atoms with E-state index in [9.17, 15) is 19.5 Å². The number of aliphatic hydroxyl groups is 1. The molecule has 2 aromatic rings. The molecule has 0 aromatic heterocycles. The number of Topliss-reactive ketones (excluding diaryl/α,β-unsaturated/α-hetero) is 1. The number of carbonyl (C=O) groups excluding carboxylic acids is 2. The maximum absolute atomic E-state index is 12.3. The molecule has 0 unspecified atom stereocenters. The molecule has 0 atom stereocenters. The van der Waals surface area contributed by atoms with E-state index in [-0.39, 0.29) is 11.1 Å². The summed E-state index contributed by atoms with van der Waals surface area (Å²) < 4.78 is 0. The van der Waals surface area contributed by atoms with Crippen molar-refractivity contribution in [3.8, 4) is 11.1 Å². The molecule has 0 fully saturated rings. The zero-order valence-corrected chi connectivity index (χ0v) is 13.5. The highest BCUT2D eigenvalue weighted by Gasteiger charge is 2.34. The lowest BCUT2D eigenvalue weighted by molar-refractivity contribution is -0.137. The SMILES string of the molecule is O=C(O)CNC(=O)C1=C(O)c2cc(-c3cccc(Cl)c3)ccc2C1=O. The van der Waals surface area contributed by atoms with Crippen LogP contribution in [-0.2, 0) is 9.59 Å². The largest absolute Gasteiger partial charge is 0.506 e. The first-order valence-electron chi connectivity index (χ1n) is 7.27. The van der Waals surface area contributed by atoms with Crippen LogP contribution in [0.5, 0.6) is 0 Å². The van der Waals surface area contributed by atoms with Gasteiger partial charge in [-0.1, -0.05) is 29.8 Å². The maximum Gasteiger partial charge on any atom is 0.322 e. The topological polar surface area (TPSA) is 104 Å². The van der Waals surface area contributed by atoms with E-state index < -0.39 is 35.5 Å². The van der Waals surface area contributed by atoms with Crippen LogP contribution in [-0.4, -0.2) is 34.4 Å². The van der Waals surface area contributed by atoms with E-state index in [4.69, 9.17) is 16.7 Å². The van der Waals surface area contributed by atoms with Crippen LogP contribution in [0.2, 0.25) is 5.02 Å². The molecule has 7 heteroatoms. The molecule has 25 heavy (non-hydrogen) atoms. The van der Waals surface area contributed by atoms with E-state index in [1.807, 2.05) is 6.07 Å². The van der Waals surface area contributed by atoms with E-state index >= 15 is 0 Å². The molecule has 1 aliphatic rings. The highest BCUT2D eigenvalue weighted by molar-refractivity contribution is 6.34. The molecule has 0 radical (unpaired) electrons. The van der Waals surface area contributed by atoms with Crippen molar-refractivity contribution in [2.75, 3.05) is 6.54 Å². The molecule has 3 rings (SSSR count). The van der Waals surface area contributed by atoms with Crippen LogP contribution in [0.1, 0.15) is 15.9 Å². The first kappa shape index (κ1) is 16.7. The van der Waals surface area contributed by atoms with Gasteiger partial charge in [-0.2, -0.15) is 0 Å². The van der Waals surface area contributed by atoms with Gasteiger partial charge in [-0.3, -0.25) is 14.4 Å². The predicted molar refractivity (Wildman–Crippen MR) is 91.4 cm³/mol. The van der Waals surface area contributed by atoms with Gasteiger partial charge in [-0.25, -0.2) is 0 Å². The summed E-state index contributed by atoms with van der Waals surface area (Å²) in [6.07, 6.45) is 0. The fourth-order valence-corrected chi connectivity index (χ4v) is 2.81. The summed E-state index contributed by atoms with van der Waals surface area (Å²) in [5.41, 5.74) is 1.46. The summed E-state index contributed by atoms with van der Waals surface area (Å²) >= 11 is 5.98. The second-order valence-corrected chi connectivity index (χ2v) is 5.84. The Morgan fingerprint density at radius 3 is 2.44 bits per heavy atom. The standard InChI is InChI=1S/C18H12ClNO5/c19-11-3-1-2-9(6-11)10-4-5-12-13(7-10)17(24)15(16(12)23)18(25)20-8-14(21)22/h1-7,24H,8H2,(H,20,25)(H,21,22). The molecule has 6 nitrogen and oxygen atoms in total. The van der Waals surface area contributed by atoms with Crippen LogP contribution in [0, 0.1) is 0 Å². The second kappa shape index (κ2) is 6.41. The van der Waals surface area contributed by atoms with E-state index in [1.165, 1.54) is 6.07 Å². The summed E-state index contributed by atoms with van der Waals surface area (Å²) in [6, 6.07) is 11.9. The zero-order chi connectivity index (χ0) is 18.1. The summed E-state index contributed by atoms with van der Waals surface area (Å²) in [6.45, 7) is -0.646. The summed E-state index contributed by atoms with van der Waals surface area (Å²) in [5.74, 6) is -3.29. The van der Waals surface area contributed by atoms with Gasteiger partial charge in [0, 0.05) is 16.1 Å². The van der Waals surface area contributed by atoms with E-state index in [0.29, 0.717) is 10.6 Å². The highest BCUT2D eigenvalue weighted by atomic mass is 35.5. The van der Waals surface area contributed by atoms with Crippen LogP contribution < -0.4 is 5.32 Å². The lowest BCUT2D eigenvalue weighted by atomic mass is 10.00. The van der Waals surface area contributed by atoms with Crippen molar-refractivity contribution < 1.29 is 24.6 Å². The Morgan fingerprint density at radius 1 is 1.04 bits per heavy atom. The number of carboxylic acids is 1. The first-order chi connectivity index (χ1) is 11.9. The van der Waals surface area contributed by atoms with Crippen molar-refractivity contribution in [1.82, 2.24) is 5.32 Å². The number of rotatable bonds is 4. The van der Waals surface area contributed by atoms with Crippen molar-refractivity contribution in [3.05, 3.63) is 64.2 Å². The minimum atomic E-state index is -1.25. The number of halogens is 1. The second-order valence-electron chi connectivity index (χ2n) is 5.40. The van der Waals surface area contributed by atoms with Gasteiger partial charge in [0.15, 0.2) is 0 Å². The van der Waals surface area contributed by atoms with Gasteiger partial charge in [0.05, 0.1) is 0 Å². The number of fused-ring (bicyclic) bond motifs is 1. The number of hydrogen-bond acceptors (Lipinski definition) is 4. The molecular formula is C18H12ClNO5. The number of carbonyl (C=O) groups is 3. The number of aliphatic carboxylic acids is 1. The predicted octanol–water partition coefficient (Wildman–Crippen LogP) is 2.67. The number of aliphatic hydroxyl groups excluding tert-OH is 1. The molecule has 3 N–H and O–H groups in total. The number of ketones is 1. The summed E-state index contributed by atoms with van der Waals surface area (Å²) in [7, 11) is 0. The van der Waals surface area contributed by atoms with Gasteiger partial charge in [-0.15, -0.1) is 0 Å². The molecule has 2 aromatic carbocycles. The molecule has 0 saturated heterocycles. The number of hydrogen-bond donors (Lipinski definition) is 3. The number of benzene rings is 2. The van der Waals surface area contributed by atoms with Crippen molar-refractivity contribution in [2.24, 2.45) is 0 Å². The van der Waals surface area contributed by atoms with Crippen LogP contribution in [0.25, 0.3) is 16.9 Å². The molecule has 1 amide bonds. The van der Waals surface area contributed by atoms with Crippen molar-refractivity contribution >= 4 is 35.0 Å². The third-order valence-electron chi connectivity index (χ3n) is 3.77. The Kier molecular flexibility index (Phi) is 4.29. The lowest BCUT2D eigenvalue weighted by Gasteiger charge is -2.05. The highest BCUT2D eigenvalue weighted by Crippen LogP contribution is 2.34. The molecule has 1 aliphatic carbocycles. The minimum Gasteiger partial charge on any atom is -0.506 e. The average Bonchev–Trinajstić information content (AvgIpc) is 2.83. The van der Waals surface area contributed by atoms with Gasteiger partial charge in [0.25, 0.3) is 5.91 Å².